The summed E-state index contributed by atoms with van der Waals surface area (Å²) in [6, 6.07) is 4.85. The van der Waals surface area contributed by atoms with Gasteiger partial charge in [0.05, 0.1) is 19.8 Å². The fourth-order valence-electron chi connectivity index (χ4n) is 6.86. The lowest BCUT2D eigenvalue weighted by Crippen LogP contribution is -2.57. The van der Waals surface area contributed by atoms with Crippen molar-refractivity contribution in [2.75, 3.05) is 78.8 Å². The first-order valence-corrected chi connectivity index (χ1v) is 16.3. The molecule has 13 nitrogen and oxygen atoms in total. The van der Waals surface area contributed by atoms with Gasteiger partial charge in [-0.2, -0.15) is 0 Å². The highest BCUT2D eigenvalue weighted by Crippen LogP contribution is 2.35. The summed E-state index contributed by atoms with van der Waals surface area (Å²) in [5.74, 6) is -1.21. The van der Waals surface area contributed by atoms with Crippen LogP contribution in [-0.2, 0) is 30.3 Å². The van der Waals surface area contributed by atoms with Gasteiger partial charge in [0.15, 0.2) is 6.61 Å². The second-order valence-electron chi connectivity index (χ2n) is 12.8. The lowest BCUT2D eigenvalue weighted by atomic mass is 9.73. The maximum absolute atomic E-state index is 13.4. The molecular weight excluding hydrogens is 580 g/mol. The van der Waals surface area contributed by atoms with Crippen molar-refractivity contribution in [2.45, 2.75) is 57.2 Å². The number of nitrogens with zero attached hydrogens (tertiary/aromatic N) is 3. The highest BCUT2D eigenvalue weighted by Gasteiger charge is 2.39. The molecule has 0 saturated carbocycles. The van der Waals surface area contributed by atoms with Gasteiger partial charge in [-0.25, -0.2) is 0 Å². The summed E-state index contributed by atoms with van der Waals surface area (Å²) in [4.78, 5) is 58.8. The van der Waals surface area contributed by atoms with E-state index in [1.54, 1.807) is 13.0 Å². The summed E-state index contributed by atoms with van der Waals surface area (Å²) in [6.07, 6.45) is 3.45. The van der Waals surface area contributed by atoms with E-state index in [1.807, 2.05) is 18.2 Å². The Morgan fingerprint density at radius 2 is 1.69 bits per heavy atom. The van der Waals surface area contributed by atoms with Crippen LogP contribution in [0.5, 0.6) is 5.75 Å². The van der Waals surface area contributed by atoms with E-state index >= 15 is 0 Å². The summed E-state index contributed by atoms with van der Waals surface area (Å²) in [7, 11) is 0. The van der Waals surface area contributed by atoms with Gasteiger partial charge in [-0.05, 0) is 75.2 Å². The molecule has 4 heterocycles. The Labute approximate surface area is 264 Å². The number of carbonyl (C=O) groups is 4. The van der Waals surface area contributed by atoms with E-state index in [-0.39, 0.29) is 17.9 Å². The molecule has 3 saturated heterocycles. The van der Waals surface area contributed by atoms with Gasteiger partial charge in [-0.1, -0.05) is 12.1 Å². The smallest absolute Gasteiger partial charge is 0.258 e. The Bertz CT molecular complexity index is 1200. The zero-order valence-electron chi connectivity index (χ0n) is 26.3. The zero-order chi connectivity index (χ0) is 31.8. The number of rotatable bonds is 4. The van der Waals surface area contributed by atoms with Gasteiger partial charge in [0.2, 0.25) is 17.7 Å². The number of fused-ring (bicyclic) bond motifs is 3. The third-order valence-electron chi connectivity index (χ3n) is 9.64. The standard InChI is InChI=1S/C32H48N6O7/c1-23-31(43)38-9-3-6-27(38)30(42)35-26(20-39)29(41)33-22-32(19-24-4-2-5-25(18-24)45-21-28(40)34-23)7-10-36(11-8-32)12-13-37-14-16-44-17-15-37/h2,4-5,18,23,26-27,39H,3,6-17,19-22H2,1H3,(H,33,41)(H,34,40)(H,35,42)/t23-,26-,27-/m0/s1. The van der Waals surface area contributed by atoms with Gasteiger partial charge >= 0.3 is 0 Å². The number of aliphatic hydroxyl groups is 1. The molecule has 3 atom stereocenters. The molecule has 0 aliphatic carbocycles. The van der Waals surface area contributed by atoms with Crippen LogP contribution in [-0.4, -0.2) is 140 Å². The van der Waals surface area contributed by atoms with E-state index < -0.39 is 42.5 Å². The number of benzene rings is 1. The van der Waals surface area contributed by atoms with Crippen LogP contribution in [0.3, 0.4) is 0 Å². The van der Waals surface area contributed by atoms with Crippen LogP contribution >= 0.6 is 0 Å². The van der Waals surface area contributed by atoms with E-state index in [0.717, 1.165) is 70.9 Å². The molecule has 0 radical (unpaired) electrons. The number of hydrogen-bond donors (Lipinski definition) is 4. The maximum atomic E-state index is 13.4. The highest BCUT2D eigenvalue weighted by molar-refractivity contribution is 5.94. The number of likely N-dealkylation sites (tertiary alicyclic amines) is 1. The summed E-state index contributed by atoms with van der Waals surface area (Å²) in [5.41, 5.74) is 0.774. The fraction of sp³-hybridized carbons (Fsp3) is 0.688. The molecule has 4 N–H and O–H groups in total. The minimum absolute atomic E-state index is 0.248. The van der Waals surface area contributed by atoms with Crippen LogP contribution in [0.15, 0.2) is 24.3 Å². The number of morpholine rings is 1. The monoisotopic (exact) mass is 628 g/mol. The molecule has 3 fully saturated rings. The second-order valence-corrected chi connectivity index (χ2v) is 12.8. The van der Waals surface area contributed by atoms with Gasteiger partial charge in [-0.15, -0.1) is 0 Å². The first-order valence-electron chi connectivity index (χ1n) is 16.3. The van der Waals surface area contributed by atoms with Crippen molar-refractivity contribution in [3.63, 3.8) is 0 Å². The van der Waals surface area contributed by atoms with Crippen molar-refractivity contribution in [2.24, 2.45) is 5.41 Å². The van der Waals surface area contributed by atoms with Gasteiger partial charge in [0.1, 0.15) is 23.9 Å². The minimum Gasteiger partial charge on any atom is -0.484 e. The Kier molecular flexibility index (Phi) is 11.3. The summed E-state index contributed by atoms with van der Waals surface area (Å²) in [6.45, 7) is 8.75. The van der Waals surface area contributed by atoms with Gasteiger partial charge in [0.25, 0.3) is 5.91 Å². The molecule has 4 aliphatic rings. The molecule has 13 heteroatoms. The Hall–Kier alpha value is -3.26. The number of aliphatic hydroxyl groups excluding tert-OH is 1. The van der Waals surface area contributed by atoms with E-state index in [1.165, 1.54) is 4.90 Å². The van der Waals surface area contributed by atoms with E-state index in [9.17, 15) is 24.3 Å². The van der Waals surface area contributed by atoms with E-state index in [2.05, 4.69) is 25.8 Å². The number of nitrogens with one attached hydrogen (secondary N) is 3. The van der Waals surface area contributed by atoms with Crippen molar-refractivity contribution < 1.29 is 33.8 Å². The van der Waals surface area contributed by atoms with Gasteiger partial charge in [0, 0.05) is 39.3 Å². The Morgan fingerprint density at radius 1 is 0.956 bits per heavy atom. The van der Waals surface area contributed by atoms with Gasteiger partial charge in [-0.3, -0.25) is 24.1 Å². The molecule has 248 valence electrons. The number of ether oxygens (including phenoxy) is 2. The van der Waals surface area contributed by atoms with Crippen LogP contribution in [0.2, 0.25) is 0 Å². The predicted octanol–water partition coefficient (Wildman–Crippen LogP) is -0.875. The van der Waals surface area contributed by atoms with Crippen molar-refractivity contribution >= 4 is 23.6 Å². The third-order valence-corrected chi connectivity index (χ3v) is 9.64. The predicted molar refractivity (Wildman–Crippen MR) is 165 cm³/mol. The van der Waals surface area contributed by atoms with E-state index in [4.69, 9.17) is 9.47 Å². The van der Waals surface area contributed by atoms with Crippen molar-refractivity contribution in [3.05, 3.63) is 29.8 Å². The molecule has 1 spiro atoms. The maximum Gasteiger partial charge on any atom is 0.258 e. The number of hydrogen-bond acceptors (Lipinski definition) is 9. The number of amides is 4. The molecule has 1 aromatic carbocycles. The molecule has 4 aliphatic heterocycles. The van der Waals surface area contributed by atoms with Crippen molar-refractivity contribution in [1.29, 1.82) is 0 Å². The summed E-state index contributed by atoms with van der Waals surface area (Å²) < 4.78 is 11.3. The quantitative estimate of drug-likeness (QED) is 0.333. The minimum atomic E-state index is -1.14. The highest BCUT2D eigenvalue weighted by atomic mass is 16.5. The lowest BCUT2D eigenvalue weighted by molar-refractivity contribution is -0.142. The SMILES string of the molecule is C[C@@H]1NC(=O)COc2cccc(c2)CC2(CCN(CCN3CCOCC3)CC2)CNC(=O)[C@H](CO)NC(=O)[C@@H]2CCCN2C1=O. The number of piperidine rings is 1. The van der Waals surface area contributed by atoms with Crippen LogP contribution in [0.4, 0.5) is 0 Å². The van der Waals surface area contributed by atoms with Crippen molar-refractivity contribution in [1.82, 2.24) is 30.7 Å². The van der Waals surface area contributed by atoms with Crippen LogP contribution < -0.4 is 20.7 Å². The van der Waals surface area contributed by atoms with Crippen LogP contribution in [0, 0.1) is 5.41 Å². The summed E-state index contributed by atoms with van der Waals surface area (Å²) in [5, 5.41) is 18.5. The normalized spacial score (nSPS) is 27.8. The number of carbonyl (C=O) groups excluding carboxylic acids is 4. The molecule has 45 heavy (non-hydrogen) atoms. The molecule has 5 rings (SSSR count). The van der Waals surface area contributed by atoms with E-state index in [0.29, 0.717) is 38.1 Å². The average molecular weight is 629 g/mol. The second kappa shape index (κ2) is 15.4. The van der Waals surface area contributed by atoms with Crippen LogP contribution in [0.1, 0.15) is 38.2 Å². The summed E-state index contributed by atoms with van der Waals surface area (Å²) >= 11 is 0. The zero-order valence-corrected chi connectivity index (χ0v) is 26.3. The Balaban J connectivity index is 1.32. The largest absolute Gasteiger partial charge is 0.484 e. The molecule has 1 aromatic rings. The van der Waals surface area contributed by atoms with Crippen LogP contribution in [0.25, 0.3) is 0 Å². The molecule has 4 amide bonds. The lowest BCUT2D eigenvalue weighted by Gasteiger charge is -2.43. The topological polar surface area (TPSA) is 153 Å². The average Bonchev–Trinajstić information content (AvgIpc) is 3.55. The van der Waals surface area contributed by atoms with Crippen molar-refractivity contribution in [3.8, 4) is 5.75 Å². The molecular formula is C32H48N6O7. The fourth-order valence-corrected chi connectivity index (χ4v) is 6.86. The Morgan fingerprint density at radius 3 is 2.42 bits per heavy atom. The molecule has 2 bridgehead atoms. The molecule has 0 unspecified atom stereocenters. The van der Waals surface area contributed by atoms with Gasteiger partial charge < -0.3 is 40.3 Å². The molecule has 0 aromatic heterocycles. The first kappa shape index (κ1) is 33.1. The third kappa shape index (κ3) is 8.72. The first-order chi connectivity index (χ1) is 21.7.